The van der Waals surface area contributed by atoms with Gasteiger partial charge in [-0.2, -0.15) is 0 Å². The van der Waals surface area contributed by atoms with E-state index >= 15 is 0 Å². The fourth-order valence-electron chi connectivity index (χ4n) is 3.94. The highest BCUT2D eigenvalue weighted by Gasteiger charge is 2.33. The molecule has 2 aliphatic heterocycles. The normalized spacial score (nSPS) is 15.0. The van der Waals surface area contributed by atoms with Gasteiger partial charge in [0.25, 0.3) is 0 Å². The van der Waals surface area contributed by atoms with E-state index in [2.05, 4.69) is 13.8 Å². The Hall–Kier alpha value is -2.95. The van der Waals surface area contributed by atoms with Gasteiger partial charge in [0.2, 0.25) is 5.91 Å². The molecule has 2 aromatic rings. The van der Waals surface area contributed by atoms with Crippen molar-refractivity contribution in [3.8, 4) is 0 Å². The number of nitrogens with zero attached hydrogens (tertiary/aromatic N) is 1. The number of hydrogen-bond acceptors (Lipinski definition) is 4. The lowest BCUT2D eigenvalue weighted by Gasteiger charge is -2.25. The van der Waals surface area contributed by atoms with Crippen LogP contribution in [0, 0.1) is 0 Å². The van der Waals surface area contributed by atoms with E-state index in [4.69, 9.17) is 4.74 Å². The molecule has 5 heteroatoms. The van der Waals surface area contributed by atoms with Gasteiger partial charge in [-0.3, -0.25) is 9.59 Å². The van der Waals surface area contributed by atoms with Crippen molar-refractivity contribution in [1.82, 2.24) is 0 Å². The average Bonchev–Trinajstić information content (AvgIpc) is 3.03. The molecule has 0 N–H and O–H groups in total. The molecule has 0 spiro atoms. The van der Waals surface area contributed by atoms with Crippen LogP contribution in [0.3, 0.4) is 0 Å². The van der Waals surface area contributed by atoms with E-state index in [-0.39, 0.29) is 18.3 Å². The number of Topliss-reactive ketones (excluding diaryl/α,β-unsaturated/α-hetero) is 1. The lowest BCUT2D eigenvalue weighted by molar-refractivity contribution is -0.117. The second kappa shape index (κ2) is 7.23. The van der Waals surface area contributed by atoms with Gasteiger partial charge in [0.1, 0.15) is 0 Å². The summed E-state index contributed by atoms with van der Waals surface area (Å²) in [6.07, 6.45) is 2.10. The zero-order valence-electron chi connectivity index (χ0n) is 16.2. The molecule has 5 nitrogen and oxygen atoms in total. The molecule has 28 heavy (non-hydrogen) atoms. The molecule has 0 radical (unpaired) electrons. The van der Waals surface area contributed by atoms with Crippen molar-refractivity contribution in [2.24, 2.45) is 0 Å². The maximum absolute atomic E-state index is 12.6. The Balaban J connectivity index is 1.45. The predicted molar refractivity (Wildman–Crippen MR) is 106 cm³/mol. The number of ether oxygens (including phenoxy) is 1. The molecule has 1 amide bonds. The summed E-state index contributed by atoms with van der Waals surface area (Å²) < 4.78 is 5.23. The number of hydrogen-bond donors (Lipinski definition) is 0. The van der Waals surface area contributed by atoms with Crippen molar-refractivity contribution in [3.63, 3.8) is 0 Å². The molecule has 0 saturated carbocycles. The number of rotatable bonds is 5. The molecule has 0 bridgehead atoms. The molecule has 2 aromatic carbocycles. The molecular weight excluding hydrogens is 354 g/mol. The molecule has 0 aromatic heterocycles. The summed E-state index contributed by atoms with van der Waals surface area (Å²) in [5.74, 6) is -0.276. The second-order valence-electron chi connectivity index (χ2n) is 7.74. The summed E-state index contributed by atoms with van der Waals surface area (Å²) in [4.78, 5) is 38.8. The molecule has 144 valence electrons. The summed E-state index contributed by atoms with van der Waals surface area (Å²) in [5.41, 5.74) is 5.00. The van der Waals surface area contributed by atoms with Crippen LogP contribution in [0.1, 0.15) is 63.6 Å². The van der Waals surface area contributed by atoms with Crippen molar-refractivity contribution >= 4 is 23.3 Å². The highest BCUT2D eigenvalue weighted by Crippen LogP contribution is 2.37. The standard InChI is InChI=1S/C23H23NO4/c1-14(2)15-5-7-16(8-6-15)23(27)28-13-20(25)18-10-17-4-3-9-24-21(26)12-19(11-18)22(17)24/h5-8,10-11,14H,3-4,9,12-13H2,1-2H3. The first kappa shape index (κ1) is 18.4. The van der Waals surface area contributed by atoms with Gasteiger partial charge in [-0.1, -0.05) is 26.0 Å². The first-order valence-electron chi connectivity index (χ1n) is 9.70. The molecule has 2 heterocycles. The van der Waals surface area contributed by atoms with Crippen LogP contribution in [0.25, 0.3) is 0 Å². The fourth-order valence-corrected chi connectivity index (χ4v) is 3.94. The summed E-state index contributed by atoms with van der Waals surface area (Å²) in [5, 5.41) is 0. The van der Waals surface area contributed by atoms with Gasteiger partial charge in [-0.25, -0.2) is 4.79 Å². The van der Waals surface area contributed by atoms with Gasteiger partial charge in [-0.15, -0.1) is 0 Å². The van der Waals surface area contributed by atoms with Crippen molar-refractivity contribution < 1.29 is 19.1 Å². The van der Waals surface area contributed by atoms with Gasteiger partial charge in [0.05, 0.1) is 17.7 Å². The van der Waals surface area contributed by atoms with Gasteiger partial charge in [0, 0.05) is 12.1 Å². The lowest BCUT2D eigenvalue weighted by Crippen LogP contribution is -2.31. The maximum Gasteiger partial charge on any atom is 0.338 e. The van der Waals surface area contributed by atoms with Crippen molar-refractivity contribution in [2.75, 3.05) is 18.1 Å². The topological polar surface area (TPSA) is 63.7 Å². The number of amides is 1. The SMILES string of the molecule is CC(C)c1ccc(C(=O)OCC(=O)c2cc3c4c(c2)CC(=O)N4CCC3)cc1. The predicted octanol–water partition coefficient (Wildman–Crippen LogP) is 3.69. The van der Waals surface area contributed by atoms with Crippen LogP contribution in [-0.4, -0.2) is 30.8 Å². The third kappa shape index (κ3) is 3.33. The Bertz CT molecular complexity index is 959. The number of benzene rings is 2. The maximum atomic E-state index is 12.6. The Labute approximate surface area is 164 Å². The smallest absolute Gasteiger partial charge is 0.338 e. The second-order valence-corrected chi connectivity index (χ2v) is 7.74. The minimum atomic E-state index is -0.507. The van der Waals surface area contributed by atoms with Crippen LogP contribution in [0.2, 0.25) is 0 Å². The zero-order chi connectivity index (χ0) is 19.8. The first-order chi connectivity index (χ1) is 13.4. The van der Waals surface area contributed by atoms with Crippen molar-refractivity contribution in [2.45, 2.75) is 39.0 Å². The first-order valence-corrected chi connectivity index (χ1v) is 9.70. The van der Waals surface area contributed by atoms with E-state index < -0.39 is 5.97 Å². The summed E-state index contributed by atoms with van der Waals surface area (Å²) >= 11 is 0. The van der Waals surface area contributed by atoms with Crippen LogP contribution in [0.4, 0.5) is 5.69 Å². The number of carbonyl (C=O) groups is 3. The highest BCUT2D eigenvalue weighted by atomic mass is 16.5. The zero-order valence-corrected chi connectivity index (χ0v) is 16.2. The van der Waals surface area contributed by atoms with Gasteiger partial charge in [0.15, 0.2) is 12.4 Å². The van der Waals surface area contributed by atoms with Crippen LogP contribution in [0.5, 0.6) is 0 Å². The highest BCUT2D eigenvalue weighted by molar-refractivity contribution is 6.05. The van der Waals surface area contributed by atoms with Crippen molar-refractivity contribution in [3.05, 3.63) is 64.2 Å². The van der Waals surface area contributed by atoms with E-state index in [0.717, 1.165) is 41.8 Å². The number of carbonyl (C=O) groups excluding carboxylic acids is 3. The van der Waals surface area contributed by atoms with Crippen LogP contribution >= 0.6 is 0 Å². The van der Waals surface area contributed by atoms with E-state index in [1.807, 2.05) is 23.1 Å². The summed E-state index contributed by atoms with van der Waals surface area (Å²) in [7, 11) is 0. The van der Waals surface area contributed by atoms with Crippen LogP contribution in [-0.2, 0) is 22.4 Å². The molecule has 0 saturated heterocycles. The molecular formula is C23H23NO4. The Morgan fingerprint density at radius 3 is 2.50 bits per heavy atom. The number of aryl methyl sites for hydroxylation is 1. The minimum Gasteiger partial charge on any atom is -0.454 e. The van der Waals surface area contributed by atoms with Gasteiger partial charge in [-0.05, 0) is 59.7 Å². The number of anilines is 1. The largest absolute Gasteiger partial charge is 0.454 e. The molecule has 0 atom stereocenters. The fraction of sp³-hybridized carbons (Fsp3) is 0.348. The summed E-state index contributed by atoms with van der Waals surface area (Å²) in [6.45, 7) is 4.62. The molecule has 0 aliphatic carbocycles. The minimum absolute atomic E-state index is 0.0943. The number of esters is 1. The quantitative estimate of drug-likeness (QED) is 0.589. The molecule has 0 fully saturated rings. The van der Waals surface area contributed by atoms with E-state index in [1.54, 1.807) is 18.2 Å². The monoisotopic (exact) mass is 377 g/mol. The van der Waals surface area contributed by atoms with Gasteiger partial charge >= 0.3 is 5.97 Å². The van der Waals surface area contributed by atoms with E-state index in [1.165, 1.54) is 0 Å². The molecule has 4 rings (SSSR count). The summed E-state index contributed by atoms with van der Waals surface area (Å²) in [6, 6.07) is 10.9. The third-order valence-corrected chi connectivity index (χ3v) is 5.48. The Morgan fingerprint density at radius 1 is 1.07 bits per heavy atom. The van der Waals surface area contributed by atoms with E-state index in [9.17, 15) is 14.4 Å². The Morgan fingerprint density at radius 2 is 1.79 bits per heavy atom. The third-order valence-electron chi connectivity index (χ3n) is 5.48. The van der Waals surface area contributed by atoms with Crippen LogP contribution in [0.15, 0.2) is 36.4 Å². The van der Waals surface area contributed by atoms with E-state index in [0.29, 0.717) is 23.5 Å². The Kier molecular flexibility index (Phi) is 4.75. The van der Waals surface area contributed by atoms with Gasteiger partial charge < -0.3 is 9.64 Å². The number of ketones is 1. The van der Waals surface area contributed by atoms with Crippen LogP contribution < -0.4 is 4.90 Å². The molecule has 0 unspecified atom stereocenters. The molecule has 2 aliphatic rings. The lowest BCUT2D eigenvalue weighted by atomic mass is 9.95. The average molecular weight is 377 g/mol. The van der Waals surface area contributed by atoms with Crippen molar-refractivity contribution in [1.29, 1.82) is 0 Å².